The van der Waals surface area contributed by atoms with Crippen LogP contribution in [0.15, 0.2) is 28.9 Å². The van der Waals surface area contributed by atoms with E-state index in [9.17, 15) is 4.79 Å². The van der Waals surface area contributed by atoms with Crippen molar-refractivity contribution >= 4 is 32.8 Å². The van der Waals surface area contributed by atoms with Crippen LogP contribution in [0.1, 0.15) is 11.5 Å². The summed E-state index contributed by atoms with van der Waals surface area (Å²) in [4.78, 5) is 14.8. The number of esters is 1. The molecule has 1 heterocycles. The van der Waals surface area contributed by atoms with E-state index in [-0.39, 0.29) is 12.5 Å². The number of carbonyl (C=O) groups is 1. The van der Waals surface area contributed by atoms with Crippen molar-refractivity contribution < 1.29 is 9.53 Å². The minimum Gasteiger partial charge on any atom is -0.469 e. The molecular weight excluding hydrogens is 284 g/mol. The van der Waals surface area contributed by atoms with E-state index < -0.39 is 5.92 Å². The molecule has 0 saturated heterocycles. The van der Waals surface area contributed by atoms with Gasteiger partial charge in [-0.2, -0.15) is 0 Å². The predicted octanol–water partition coefficient (Wildman–Crippen LogP) is 2.15. The molecule has 0 spiro atoms. The molecule has 0 fully saturated rings. The maximum atomic E-state index is 11.7. The number of halogens is 1. The van der Waals surface area contributed by atoms with Crippen molar-refractivity contribution in [1.29, 1.82) is 0 Å². The van der Waals surface area contributed by atoms with E-state index in [4.69, 9.17) is 10.5 Å². The number of rotatable bonds is 3. The molecule has 2 aromatic rings. The van der Waals surface area contributed by atoms with Crippen molar-refractivity contribution in [1.82, 2.24) is 4.98 Å². The normalized spacial score (nSPS) is 12.6. The topological polar surface area (TPSA) is 68.1 Å². The zero-order valence-corrected chi connectivity index (χ0v) is 11.0. The number of ether oxygens (including phenoxy) is 1. The average molecular weight is 297 g/mol. The van der Waals surface area contributed by atoms with Crippen molar-refractivity contribution in [2.24, 2.45) is 5.73 Å². The van der Waals surface area contributed by atoms with Crippen molar-refractivity contribution in [3.05, 3.63) is 34.4 Å². The largest absolute Gasteiger partial charge is 0.469 e. The molecule has 2 rings (SSSR count). The molecule has 0 radical (unpaired) electrons. The average Bonchev–Trinajstić information content (AvgIpc) is 2.75. The van der Waals surface area contributed by atoms with Gasteiger partial charge >= 0.3 is 5.97 Å². The summed E-state index contributed by atoms with van der Waals surface area (Å²) in [6.07, 6.45) is 1.81. The Bertz CT molecular complexity index is 550. The number of hydrogen-bond acceptors (Lipinski definition) is 3. The summed E-state index contributed by atoms with van der Waals surface area (Å²) in [5, 5.41) is 0.980. The minimum atomic E-state index is -0.438. The summed E-state index contributed by atoms with van der Waals surface area (Å²) >= 11 is 3.48. The second-order valence-corrected chi connectivity index (χ2v) is 4.57. The van der Waals surface area contributed by atoms with E-state index in [0.29, 0.717) is 0 Å². The summed E-state index contributed by atoms with van der Waals surface area (Å²) in [7, 11) is 1.37. The molecule has 0 aliphatic carbocycles. The molecule has 90 valence electrons. The minimum absolute atomic E-state index is 0.223. The van der Waals surface area contributed by atoms with Gasteiger partial charge in [0, 0.05) is 28.1 Å². The first-order chi connectivity index (χ1) is 8.19. The van der Waals surface area contributed by atoms with Crippen molar-refractivity contribution in [3.8, 4) is 0 Å². The Morgan fingerprint density at radius 2 is 2.35 bits per heavy atom. The van der Waals surface area contributed by atoms with Crippen LogP contribution in [-0.2, 0) is 9.53 Å². The first-order valence-electron chi connectivity index (χ1n) is 5.22. The van der Waals surface area contributed by atoms with Crippen LogP contribution in [-0.4, -0.2) is 24.6 Å². The second-order valence-electron chi connectivity index (χ2n) is 3.72. The molecule has 17 heavy (non-hydrogen) atoms. The van der Waals surface area contributed by atoms with Gasteiger partial charge in [-0.05, 0) is 17.7 Å². The smallest absolute Gasteiger partial charge is 0.314 e. The highest BCUT2D eigenvalue weighted by molar-refractivity contribution is 9.10. The van der Waals surface area contributed by atoms with Gasteiger partial charge in [0.05, 0.1) is 13.0 Å². The van der Waals surface area contributed by atoms with Gasteiger partial charge < -0.3 is 15.5 Å². The summed E-state index contributed by atoms with van der Waals surface area (Å²) < 4.78 is 5.71. The highest BCUT2D eigenvalue weighted by atomic mass is 79.9. The van der Waals surface area contributed by atoms with E-state index >= 15 is 0 Å². The van der Waals surface area contributed by atoms with Crippen LogP contribution >= 0.6 is 15.9 Å². The molecule has 1 atom stereocenters. The lowest BCUT2D eigenvalue weighted by atomic mass is 9.99. The van der Waals surface area contributed by atoms with Crippen LogP contribution in [0, 0.1) is 0 Å². The molecule has 0 bridgehead atoms. The number of carbonyl (C=O) groups excluding carboxylic acids is 1. The number of methoxy groups -OCH3 is 1. The van der Waals surface area contributed by atoms with Gasteiger partial charge in [0.25, 0.3) is 0 Å². The molecule has 1 unspecified atom stereocenters. The van der Waals surface area contributed by atoms with Gasteiger partial charge in [-0.1, -0.05) is 22.0 Å². The molecule has 0 saturated carbocycles. The number of benzene rings is 1. The Morgan fingerprint density at radius 1 is 1.59 bits per heavy atom. The number of fused-ring (bicyclic) bond motifs is 1. The standard InChI is InChI=1S/C12H13BrN2O2/c1-17-12(16)7(5-14)8-6-15-10-4-2-3-9(13)11(8)10/h2-4,6-7,15H,5,14H2,1H3. The number of nitrogens with one attached hydrogen (secondary N) is 1. The molecular formula is C12H13BrN2O2. The van der Waals surface area contributed by atoms with Gasteiger partial charge in [-0.25, -0.2) is 0 Å². The van der Waals surface area contributed by atoms with E-state index in [2.05, 4.69) is 20.9 Å². The van der Waals surface area contributed by atoms with Crippen LogP contribution in [0.2, 0.25) is 0 Å². The van der Waals surface area contributed by atoms with Gasteiger partial charge in [0.15, 0.2) is 0 Å². The fourth-order valence-corrected chi connectivity index (χ4v) is 2.53. The van der Waals surface area contributed by atoms with Crippen molar-refractivity contribution in [3.63, 3.8) is 0 Å². The third-order valence-electron chi connectivity index (χ3n) is 2.78. The summed E-state index contributed by atoms with van der Waals surface area (Å²) in [6.45, 7) is 0.223. The lowest BCUT2D eigenvalue weighted by molar-refractivity contribution is -0.142. The molecule has 0 amide bonds. The van der Waals surface area contributed by atoms with Crippen molar-refractivity contribution in [2.75, 3.05) is 13.7 Å². The maximum Gasteiger partial charge on any atom is 0.314 e. The first kappa shape index (κ1) is 12.1. The Kier molecular flexibility index (Phi) is 3.49. The monoisotopic (exact) mass is 296 g/mol. The molecule has 4 nitrogen and oxygen atoms in total. The van der Waals surface area contributed by atoms with Gasteiger partial charge in [-0.3, -0.25) is 4.79 Å². The predicted molar refractivity (Wildman–Crippen MR) is 69.8 cm³/mol. The zero-order valence-electron chi connectivity index (χ0n) is 9.37. The van der Waals surface area contributed by atoms with E-state index in [1.165, 1.54) is 7.11 Å². The Hall–Kier alpha value is -1.33. The number of H-pyrrole nitrogens is 1. The van der Waals surface area contributed by atoms with E-state index in [1.807, 2.05) is 24.4 Å². The SMILES string of the molecule is COC(=O)C(CN)c1c[nH]c2cccc(Br)c12. The summed E-state index contributed by atoms with van der Waals surface area (Å²) in [5.41, 5.74) is 7.48. The number of aromatic amines is 1. The third kappa shape index (κ3) is 2.08. The molecule has 5 heteroatoms. The second kappa shape index (κ2) is 4.89. The Labute approximate surface area is 107 Å². The number of aromatic nitrogens is 1. The number of nitrogens with two attached hydrogens (primary N) is 1. The maximum absolute atomic E-state index is 11.7. The summed E-state index contributed by atoms with van der Waals surface area (Å²) in [5.74, 6) is -0.753. The molecule has 1 aromatic carbocycles. The summed E-state index contributed by atoms with van der Waals surface area (Å²) in [6, 6.07) is 5.82. The van der Waals surface area contributed by atoms with Crippen LogP contribution < -0.4 is 5.73 Å². The fraction of sp³-hybridized carbons (Fsp3) is 0.250. The number of hydrogen-bond donors (Lipinski definition) is 2. The van der Waals surface area contributed by atoms with Crippen LogP contribution in [0.25, 0.3) is 10.9 Å². The molecule has 0 aliphatic rings. The molecule has 0 aliphatic heterocycles. The molecule has 1 aromatic heterocycles. The quantitative estimate of drug-likeness (QED) is 0.853. The van der Waals surface area contributed by atoms with Crippen molar-refractivity contribution in [2.45, 2.75) is 5.92 Å². The lowest BCUT2D eigenvalue weighted by Crippen LogP contribution is -2.22. The fourth-order valence-electron chi connectivity index (χ4n) is 1.93. The van der Waals surface area contributed by atoms with Crippen LogP contribution in [0.5, 0.6) is 0 Å². The van der Waals surface area contributed by atoms with Gasteiger partial charge in [0.2, 0.25) is 0 Å². The Balaban J connectivity index is 2.58. The first-order valence-corrected chi connectivity index (χ1v) is 6.01. The van der Waals surface area contributed by atoms with E-state index in [1.54, 1.807) is 0 Å². The highest BCUT2D eigenvalue weighted by Crippen LogP contribution is 2.31. The molecule has 3 N–H and O–H groups in total. The zero-order chi connectivity index (χ0) is 12.4. The van der Waals surface area contributed by atoms with Crippen LogP contribution in [0.3, 0.4) is 0 Å². The van der Waals surface area contributed by atoms with Crippen LogP contribution in [0.4, 0.5) is 0 Å². The third-order valence-corrected chi connectivity index (χ3v) is 3.44. The van der Waals surface area contributed by atoms with E-state index in [0.717, 1.165) is 20.9 Å². The highest BCUT2D eigenvalue weighted by Gasteiger charge is 2.23. The lowest BCUT2D eigenvalue weighted by Gasteiger charge is -2.11. The Morgan fingerprint density at radius 3 is 3.00 bits per heavy atom. The van der Waals surface area contributed by atoms with Gasteiger partial charge in [0.1, 0.15) is 0 Å². The van der Waals surface area contributed by atoms with Gasteiger partial charge in [-0.15, -0.1) is 0 Å².